The molecular formula is C15H6N2O8. The predicted molar refractivity (Wildman–Crippen MR) is 80.0 cm³/mol. The van der Waals surface area contributed by atoms with E-state index >= 15 is 0 Å². The molecule has 0 amide bonds. The maximum Gasteiger partial charge on any atom is 0.346 e. The fraction of sp³-hybridized carbons (Fsp3) is 0. The zero-order valence-corrected chi connectivity index (χ0v) is 12.1. The van der Waals surface area contributed by atoms with Crippen LogP contribution >= 0.6 is 0 Å². The number of nitrogens with zero attached hydrogens (tertiary/aromatic N) is 2. The van der Waals surface area contributed by atoms with Crippen LogP contribution in [0.4, 0.5) is 11.4 Å². The standard InChI is InChI=1S/C15H6N2O8/c18-13-7-2-1-6(15(20)21)3-8(7)14(19)10-5-12(17(24)25)11(16(22)23)4-9(10)13/h1-5H,(H,20,21). The molecule has 0 bridgehead atoms. The Kier molecular flexibility index (Phi) is 3.38. The van der Waals surface area contributed by atoms with Crippen molar-refractivity contribution in [3.05, 3.63) is 78.4 Å². The van der Waals surface area contributed by atoms with Crippen molar-refractivity contribution in [2.45, 2.75) is 0 Å². The molecule has 1 N–H and O–H groups in total. The SMILES string of the molecule is O=C(O)c1ccc2c(c1)C(=O)c1cc([N+](=O)[O-])c([N+](=O)[O-])cc1C2=O. The fourth-order valence-corrected chi connectivity index (χ4v) is 2.60. The van der Waals surface area contributed by atoms with Crippen LogP contribution in [0.1, 0.15) is 42.2 Å². The summed E-state index contributed by atoms with van der Waals surface area (Å²) in [6.45, 7) is 0. The van der Waals surface area contributed by atoms with E-state index in [9.17, 15) is 34.6 Å². The highest BCUT2D eigenvalue weighted by molar-refractivity contribution is 6.29. The lowest BCUT2D eigenvalue weighted by molar-refractivity contribution is -0.422. The van der Waals surface area contributed by atoms with Crippen LogP contribution in [0, 0.1) is 20.2 Å². The first-order valence-electron chi connectivity index (χ1n) is 6.66. The van der Waals surface area contributed by atoms with Crippen molar-refractivity contribution in [3.63, 3.8) is 0 Å². The Hall–Kier alpha value is -3.95. The number of carbonyl (C=O) groups excluding carboxylic acids is 2. The summed E-state index contributed by atoms with van der Waals surface area (Å²) in [5, 5.41) is 31.0. The Labute approximate surface area is 137 Å². The molecule has 0 spiro atoms. The number of ketones is 2. The second-order valence-electron chi connectivity index (χ2n) is 5.12. The number of carboxylic acids is 1. The highest BCUT2D eigenvalue weighted by Gasteiger charge is 2.36. The third-order valence-corrected chi connectivity index (χ3v) is 3.75. The summed E-state index contributed by atoms with van der Waals surface area (Å²) in [5.41, 5.74) is -3.13. The second kappa shape index (κ2) is 5.30. The van der Waals surface area contributed by atoms with E-state index in [2.05, 4.69) is 0 Å². The molecule has 0 saturated heterocycles. The van der Waals surface area contributed by atoms with Crippen molar-refractivity contribution in [2.24, 2.45) is 0 Å². The summed E-state index contributed by atoms with van der Waals surface area (Å²) in [6.07, 6.45) is 0. The van der Waals surface area contributed by atoms with Crippen LogP contribution in [-0.2, 0) is 0 Å². The molecule has 10 nitrogen and oxygen atoms in total. The molecular weight excluding hydrogens is 336 g/mol. The van der Waals surface area contributed by atoms with Crippen molar-refractivity contribution in [2.75, 3.05) is 0 Å². The normalized spacial score (nSPS) is 12.3. The van der Waals surface area contributed by atoms with E-state index in [4.69, 9.17) is 5.11 Å². The van der Waals surface area contributed by atoms with Gasteiger partial charge in [0, 0.05) is 34.4 Å². The Balaban J connectivity index is 2.30. The van der Waals surface area contributed by atoms with Crippen LogP contribution < -0.4 is 0 Å². The fourth-order valence-electron chi connectivity index (χ4n) is 2.60. The maximum absolute atomic E-state index is 12.5. The maximum atomic E-state index is 12.5. The number of hydrogen-bond donors (Lipinski definition) is 1. The van der Waals surface area contributed by atoms with E-state index in [1.807, 2.05) is 0 Å². The highest BCUT2D eigenvalue weighted by Crippen LogP contribution is 2.36. The van der Waals surface area contributed by atoms with Gasteiger partial charge in [0.15, 0.2) is 11.6 Å². The predicted octanol–water partition coefficient (Wildman–Crippen LogP) is 1.98. The molecule has 25 heavy (non-hydrogen) atoms. The molecule has 0 fully saturated rings. The Bertz CT molecular complexity index is 1020. The van der Waals surface area contributed by atoms with Crippen molar-refractivity contribution >= 4 is 28.9 Å². The minimum atomic E-state index is -1.32. The minimum Gasteiger partial charge on any atom is -0.478 e. The zero-order valence-electron chi connectivity index (χ0n) is 12.1. The third-order valence-electron chi connectivity index (χ3n) is 3.75. The van der Waals surface area contributed by atoms with Crippen LogP contribution in [0.15, 0.2) is 30.3 Å². The van der Waals surface area contributed by atoms with Gasteiger partial charge in [-0.2, -0.15) is 0 Å². The van der Waals surface area contributed by atoms with Crippen molar-refractivity contribution in [3.8, 4) is 0 Å². The Morgan fingerprint density at radius 2 is 1.24 bits per heavy atom. The molecule has 0 unspecified atom stereocenters. The van der Waals surface area contributed by atoms with E-state index in [-0.39, 0.29) is 27.8 Å². The lowest BCUT2D eigenvalue weighted by Gasteiger charge is -2.17. The van der Waals surface area contributed by atoms with Crippen molar-refractivity contribution in [1.29, 1.82) is 0 Å². The number of hydrogen-bond acceptors (Lipinski definition) is 7. The van der Waals surface area contributed by atoms with Gasteiger partial charge in [-0.15, -0.1) is 0 Å². The van der Waals surface area contributed by atoms with E-state index in [0.717, 1.165) is 18.2 Å². The molecule has 1 aliphatic carbocycles. The van der Waals surface area contributed by atoms with Gasteiger partial charge in [-0.05, 0) is 18.2 Å². The molecule has 0 aliphatic heterocycles. The minimum absolute atomic E-state index is 0.120. The first-order valence-corrected chi connectivity index (χ1v) is 6.66. The topological polar surface area (TPSA) is 158 Å². The van der Waals surface area contributed by atoms with Crippen LogP contribution in [0.2, 0.25) is 0 Å². The average molecular weight is 342 g/mol. The third kappa shape index (κ3) is 2.32. The number of carboxylic acid groups (broad SMARTS) is 1. The van der Waals surface area contributed by atoms with Gasteiger partial charge in [-0.3, -0.25) is 29.8 Å². The van der Waals surface area contributed by atoms with E-state index in [1.165, 1.54) is 0 Å². The van der Waals surface area contributed by atoms with Gasteiger partial charge in [0.1, 0.15) is 0 Å². The van der Waals surface area contributed by atoms with Crippen LogP contribution in [0.3, 0.4) is 0 Å². The van der Waals surface area contributed by atoms with Gasteiger partial charge < -0.3 is 5.11 Å². The van der Waals surface area contributed by atoms with E-state index in [0.29, 0.717) is 12.1 Å². The molecule has 0 heterocycles. The molecule has 0 aromatic heterocycles. The lowest BCUT2D eigenvalue weighted by atomic mass is 9.83. The van der Waals surface area contributed by atoms with Crippen molar-refractivity contribution < 1.29 is 29.3 Å². The summed E-state index contributed by atoms with van der Waals surface area (Å²) in [4.78, 5) is 56.0. The highest BCUT2D eigenvalue weighted by atomic mass is 16.6. The lowest BCUT2D eigenvalue weighted by Crippen LogP contribution is -2.22. The summed E-state index contributed by atoms with van der Waals surface area (Å²) in [5.74, 6) is -2.88. The smallest absolute Gasteiger partial charge is 0.346 e. The Morgan fingerprint density at radius 1 is 0.800 bits per heavy atom. The summed E-state index contributed by atoms with van der Waals surface area (Å²) < 4.78 is 0. The average Bonchev–Trinajstić information content (AvgIpc) is 2.57. The molecule has 10 heteroatoms. The quantitative estimate of drug-likeness (QED) is 0.559. The summed E-state index contributed by atoms with van der Waals surface area (Å²) in [6, 6.07) is 4.62. The molecule has 3 rings (SSSR count). The van der Waals surface area contributed by atoms with Crippen LogP contribution in [0.25, 0.3) is 0 Å². The molecule has 1 aliphatic rings. The largest absolute Gasteiger partial charge is 0.478 e. The molecule has 0 saturated carbocycles. The van der Waals surface area contributed by atoms with Gasteiger partial charge >= 0.3 is 17.3 Å². The van der Waals surface area contributed by atoms with Gasteiger partial charge in [0.2, 0.25) is 0 Å². The number of benzene rings is 2. The first-order chi connectivity index (χ1) is 11.7. The Morgan fingerprint density at radius 3 is 1.68 bits per heavy atom. The number of rotatable bonds is 3. The van der Waals surface area contributed by atoms with Gasteiger partial charge in [-0.1, -0.05) is 0 Å². The monoisotopic (exact) mass is 342 g/mol. The van der Waals surface area contributed by atoms with Crippen LogP contribution in [-0.4, -0.2) is 32.5 Å². The molecule has 2 aromatic carbocycles. The van der Waals surface area contributed by atoms with Gasteiger partial charge in [0.05, 0.1) is 15.4 Å². The van der Waals surface area contributed by atoms with Gasteiger partial charge in [0.25, 0.3) is 0 Å². The van der Waals surface area contributed by atoms with E-state index in [1.54, 1.807) is 0 Å². The number of aromatic carboxylic acids is 1. The summed E-state index contributed by atoms with van der Waals surface area (Å²) in [7, 11) is 0. The number of carbonyl (C=O) groups is 3. The second-order valence-corrected chi connectivity index (χ2v) is 5.12. The van der Waals surface area contributed by atoms with E-state index < -0.39 is 38.8 Å². The first kappa shape index (κ1) is 15.9. The molecule has 0 radical (unpaired) electrons. The molecule has 124 valence electrons. The van der Waals surface area contributed by atoms with Gasteiger partial charge in [-0.25, -0.2) is 4.79 Å². The number of fused-ring (bicyclic) bond motifs is 2. The van der Waals surface area contributed by atoms with Crippen molar-refractivity contribution in [1.82, 2.24) is 0 Å². The zero-order chi connectivity index (χ0) is 18.5. The molecule has 2 aromatic rings. The summed E-state index contributed by atoms with van der Waals surface area (Å²) >= 11 is 0. The number of nitro benzene ring substituents is 2. The van der Waals surface area contributed by atoms with Crippen LogP contribution in [0.5, 0.6) is 0 Å². The number of nitro groups is 2. The molecule has 0 atom stereocenters.